The first-order chi connectivity index (χ1) is 13.0. The van der Waals surface area contributed by atoms with Crippen LogP contribution in [0.3, 0.4) is 0 Å². The molecule has 3 N–H and O–H groups in total. The second-order valence-corrected chi connectivity index (χ2v) is 5.69. The second-order valence-electron chi connectivity index (χ2n) is 5.69. The molecule has 0 aliphatic carbocycles. The minimum atomic E-state index is -1.61. The summed E-state index contributed by atoms with van der Waals surface area (Å²) >= 11 is 0. The van der Waals surface area contributed by atoms with E-state index in [9.17, 15) is 19.9 Å². The topological polar surface area (TPSA) is 109 Å². The number of carbonyl (C=O) groups is 1. The van der Waals surface area contributed by atoms with Crippen molar-refractivity contribution in [3.63, 3.8) is 0 Å². The number of aromatic hydroxyl groups is 1. The quantitative estimate of drug-likeness (QED) is 0.345. The number of rotatable bonds is 6. The van der Waals surface area contributed by atoms with E-state index in [0.29, 0.717) is 16.4 Å². The summed E-state index contributed by atoms with van der Waals surface area (Å²) in [6.07, 6.45) is 4.16. The Kier molecular flexibility index (Phi) is 5.20. The first kappa shape index (κ1) is 18.6. The van der Waals surface area contributed by atoms with Crippen molar-refractivity contribution in [2.24, 2.45) is 0 Å². The molecule has 138 valence electrons. The summed E-state index contributed by atoms with van der Waals surface area (Å²) in [6, 6.07) is 8.04. The van der Waals surface area contributed by atoms with Crippen molar-refractivity contribution < 1.29 is 33.8 Å². The molecule has 7 nitrogen and oxygen atoms in total. The second kappa shape index (κ2) is 7.57. The Morgan fingerprint density at radius 3 is 2.56 bits per heavy atom. The number of allylic oxidation sites excluding steroid dienone is 1. The fraction of sp³-hybridized carbons (Fsp3) is 0.105. The number of furan rings is 1. The van der Waals surface area contributed by atoms with E-state index < -0.39 is 12.9 Å². The molecule has 0 radical (unpaired) electrons. The van der Waals surface area contributed by atoms with Gasteiger partial charge in [-0.25, -0.2) is 0 Å². The van der Waals surface area contributed by atoms with Crippen LogP contribution in [0.15, 0.2) is 47.1 Å². The number of fused-ring (bicyclic) bond motifs is 1. The van der Waals surface area contributed by atoms with Crippen LogP contribution in [-0.2, 0) is 0 Å². The van der Waals surface area contributed by atoms with Gasteiger partial charge in [0.05, 0.1) is 25.9 Å². The summed E-state index contributed by atoms with van der Waals surface area (Å²) in [6.45, 7) is 0. The molecule has 1 heterocycles. The van der Waals surface area contributed by atoms with Crippen LogP contribution >= 0.6 is 0 Å². The fourth-order valence-electron chi connectivity index (χ4n) is 2.84. The summed E-state index contributed by atoms with van der Waals surface area (Å²) < 4.78 is 15.8. The van der Waals surface area contributed by atoms with Crippen LogP contribution in [0.2, 0.25) is 0 Å². The van der Waals surface area contributed by atoms with Crippen molar-refractivity contribution in [1.82, 2.24) is 0 Å². The van der Waals surface area contributed by atoms with E-state index >= 15 is 0 Å². The Hall–Kier alpha value is -3.23. The molecule has 0 fully saturated rings. The van der Waals surface area contributed by atoms with Gasteiger partial charge in [-0.3, -0.25) is 4.79 Å². The minimum Gasteiger partial charge on any atom is -0.504 e. The smallest absolute Gasteiger partial charge is 0.488 e. The van der Waals surface area contributed by atoms with Gasteiger partial charge in [0.1, 0.15) is 11.3 Å². The maximum absolute atomic E-state index is 12.8. The van der Waals surface area contributed by atoms with E-state index in [2.05, 4.69) is 0 Å². The summed E-state index contributed by atoms with van der Waals surface area (Å²) in [7, 11) is 1.14. The van der Waals surface area contributed by atoms with Crippen molar-refractivity contribution in [3.05, 3.63) is 53.8 Å². The lowest BCUT2D eigenvalue weighted by Gasteiger charge is -2.13. The average Bonchev–Trinajstić information content (AvgIpc) is 3.14. The molecule has 0 amide bonds. The van der Waals surface area contributed by atoms with Crippen LogP contribution in [-0.4, -0.2) is 42.3 Å². The molecule has 0 aliphatic heterocycles. The van der Waals surface area contributed by atoms with Gasteiger partial charge in [0.15, 0.2) is 17.1 Å². The summed E-state index contributed by atoms with van der Waals surface area (Å²) in [5, 5.41) is 29.5. The van der Waals surface area contributed by atoms with Crippen LogP contribution in [0, 0.1) is 0 Å². The number of methoxy groups -OCH3 is 2. The zero-order chi connectivity index (χ0) is 19.6. The van der Waals surface area contributed by atoms with Gasteiger partial charge in [0.2, 0.25) is 5.75 Å². The van der Waals surface area contributed by atoms with E-state index in [1.807, 2.05) is 0 Å². The highest BCUT2D eigenvalue weighted by molar-refractivity contribution is 6.58. The fourth-order valence-corrected chi connectivity index (χ4v) is 2.84. The van der Waals surface area contributed by atoms with Gasteiger partial charge in [0, 0.05) is 0 Å². The minimum absolute atomic E-state index is 0.0398. The van der Waals surface area contributed by atoms with Gasteiger partial charge in [-0.1, -0.05) is 30.3 Å². The number of benzene rings is 2. The number of ketones is 1. The Labute approximate surface area is 155 Å². The van der Waals surface area contributed by atoms with Gasteiger partial charge in [-0.2, -0.15) is 0 Å². The van der Waals surface area contributed by atoms with E-state index in [1.54, 1.807) is 24.3 Å². The first-order valence-corrected chi connectivity index (χ1v) is 8.00. The van der Waals surface area contributed by atoms with Crippen molar-refractivity contribution in [1.29, 1.82) is 0 Å². The summed E-state index contributed by atoms with van der Waals surface area (Å²) in [5.41, 5.74) is 1.10. The van der Waals surface area contributed by atoms with Gasteiger partial charge >= 0.3 is 7.12 Å². The molecule has 0 unspecified atom stereocenters. The highest BCUT2D eigenvalue weighted by Gasteiger charge is 2.26. The summed E-state index contributed by atoms with van der Waals surface area (Å²) in [4.78, 5) is 12.8. The Morgan fingerprint density at radius 1 is 1.15 bits per heavy atom. The van der Waals surface area contributed by atoms with Gasteiger partial charge in [-0.15, -0.1) is 0 Å². The first-order valence-electron chi connectivity index (χ1n) is 8.00. The predicted octanol–water partition coefficient (Wildman–Crippen LogP) is 1.73. The third-order valence-corrected chi connectivity index (χ3v) is 4.09. The molecule has 3 aromatic rings. The van der Waals surface area contributed by atoms with Crippen molar-refractivity contribution in [3.8, 4) is 17.2 Å². The highest BCUT2D eigenvalue weighted by atomic mass is 16.5. The zero-order valence-corrected chi connectivity index (χ0v) is 14.7. The zero-order valence-electron chi connectivity index (χ0n) is 14.7. The molecule has 0 atom stereocenters. The molecule has 1 aromatic heterocycles. The molecule has 8 heteroatoms. The maximum atomic E-state index is 12.8. The number of phenols is 1. The molecular formula is C19H17BO7. The molecule has 0 bridgehead atoms. The average molecular weight is 368 g/mol. The van der Waals surface area contributed by atoms with E-state index in [4.69, 9.17) is 13.9 Å². The van der Waals surface area contributed by atoms with E-state index in [0.717, 1.165) is 0 Å². The maximum Gasteiger partial charge on any atom is 0.488 e. The van der Waals surface area contributed by atoms with Crippen LogP contribution in [0.1, 0.15) is 15.9 Å². The monoisotopic (exact) mass is 368 g/mol. The van der Waals surface area contributed by atoms with Crippen LogP contribution < -0.4 is 14.9 Å². The molecule has 0 aliphatic rings. The van der Waals surface area contributed by atoms with Gasteiger partial charge in [-0.05, 0) is 23.2 Å². The van der Waals surface area contributed by atoms with Crippen molar-refractivity contribution in [2.75, 3.05) is 14.2 Å². The third-order valence-electron chi connectivity index (χ3n) is 4.09. The molecule has 0 saturated heterocycles. The number of ether oxygens (including phenoxy) is 2. The molecular weight excluding hydrogens is 351 g/mol. The van der Waals surface area contributed by atoms with Crippen LogP contribution in [0.25, 0.3) is 17.0 Å². The molecule has 0 saturated carbocycles. The Balaban J connectivity index is 2.05. The Morgan fingerprint density at radius 2 is 1.89 bits per heavy atom. The lowest BCUT2D eigenvalue weighted by molar-refractivity contribution is 0.104. The largest absolute Gasteiger partial charge is 0.504 e. The Bertz CT molecular complexity index is 1020. The van der Waals surface area contributed by atoms with Crippen LogP contribution in [0.5, 0.6) is 17.2 Å². The normalized spacial score (nSPS) is 11.1. The SMILES string of the molecule is COc1c(C(=O)/C=C/c2cccc(B(O)O)c2)c(O)c(OC)c2occc12. The van der Waals surface area contributed by atoms with Gasteiger partial charge in [0.25, 0.3) is 0 Å². The summed E-state index contributed by atoms with van der Waals surface area (Å²) in [5.74, 6) is -0.684. The van der Waals surface area contributed by atoms with Gasteiger partial charge < -0.3 is 29.0 Å². The molecule has 3 rings (SSSR count). The lowest BCUT2D eigenvalue weighted by atomic mass is 9.79. The van der Waals surface area contributed by atoms with Crippen molar-refractivity contribution >= 4 is 35.4 Å². The molecule has 0 spiro atoms. The third kappa shape index (κ3) is 3.40. The number of carbonyl (C=O) groups excluding carboxylic acids is 1. The number of hydrogen-bond acceptors (Lipinski definition) is 7. The van der Waals surface area contributed by atoms with Crippen molar-refractivity contribution in [2.45, 2.75) is 0 Å². The molecule has 27 heavy (non-hydrogen) atoms. The standard InChI is InChI=1S/C19H17BO7/c1-25-17-13-8-9-27-18(13)19(26-2)16(22)15(17)14(21)7-6-11-4-3-5-12(10-11)20(23)24/h3-10,22-24H,1-2H3/b7-6+. The molecule has 2 aromatic carbocycles. The van der Waals surface area contributed by atoms with E-state index in [-0.39, 0.29) is 28.4 Å². The highest BCUT2D eigenvalue weighted by Crippen LogP contribution is 2.45. The predicted molar refractivity (Wildman–Crippen MR) is 101 cm³/mol. The lowest BCUT2D eigenvalue weighted by Crippen LogP contribution is -2.29. The number of hydrogen-bond donors (Lipinski definition) is 3. The van der Waals surface area contributed by atoms with Crippen LogP contribution in [0.4, 0.5) is 0 Å². The number of phenolic OH excluding ortho intramolecular Hbond substituents is 1. The van der Waals surface area contributed by atoms with E-state index in [1.165, 1.54) is 38.7 Å².